The fourth-order valence-corrected chi connectivity index (χ4v) is 3.58. The van der Waals surface area contributed by atoms with Crippen molar-refractivity contribution in [3.05, 3.63) is 35.6 Å². The topological polar surface area (TPSA) is 87.0 Å². The molecule has 9 heteroatoms. The number of hydrogen-bond acceptors (Lipinski definition) is 6. The minimum Gasteiger partial charge on any atom is -0.493 e. The van der Waals surface area contributed by atoms with Gasteiger partial charge in [-0.25, -0.2) is 9.50 Å². The molecule has 1 aliphatic heterocycles. The fraction of sp³-hybridized carbons (Fsp3) is 0.350. The highest BCUT2D eigenvalue weighted by molar-refractivity contribution is 6.34. The molecule has 152 valence electrons. The number of hydrogen-bond donors (Lipinski definition) is 1. The van der Waals surface area contributed by atoms with Crippen molar-refractivity contribution in [2.45, 2.75) is 12.8 Å². The van der Waals surface area contributed by atoms with Crippen LogP contribution in [-0.2, 0) is 4.79 Å². The monoisotopic (exact) mass is 416 g/mol. The van der Waals surface area contributed by atoms with Crippen LogP contribution in [0.4, 0.5) is 0 Å². The summed E-state index contributed by atoms with van der Waals surface area (Å²) in [5.41, 5.74) is 2.09. The Morgan fingerprint density at radius 1 is 1.28 bits per heavy atom. The molecule has 8 nitrogen and oxygen atoms in total. The normalized spacial score (nSPS) is 16.1. The van der Waals surface area contributed by atoms with Gasteiger partial charge < -0.3 is 19.5 Å². The van der Waals surface area contributed by atoms with Crippen LogP contribution >= 0.6 is 11.6 Å². The average molecular weight is 417 g/mol. The van der Waals surface area contributed by atoms with Gasteiger partial charge >= 0.3 is 0 Å². The van der Waals surface area contributed by atoms with Crippen molar-refractivity contribution in [1.82, 2.24) is 19.9 Å². The highest BCUT2D eigenvalue weighted by atomic mass is 35.5. The van der Waals surface area contributed by atoms with Crippen LogP contribution < -0.4 is 19.5 Å². The highest BCUT2D eigenvalue weighted by Crippen LogP contribution is 2.34. The first-order valence-corrected chi connectivity index (χ1v) is 9.62. The van der Waals surface area contributed by atoms with Gasteiger partial charge in [0.15, 0.2) is 11.5 Å². The van der Waals surface area contributed by atoms with Crippen molar-refractivity contribution < 1.29 is 19.0 Å². The molecular weight excluding hydrogens is 396 g/mol. The third-order valence-corrected chi connectivity index (χ3v) is 5.20. The van der Waals surface area contributed by atoms with Gasteiger partial charge in [0.05, 0.1) is 43.9 Å². The molecule has 0 unspecified atom stereocenters. The third-order valence-electron chi connectivity index (χ3n) is 4.93. The van der Waals surface area contributed by atoms with E-state index >= 15 is 0 Å². The molecule has 29 heavy (non-hydrogen) atoms. The molecule has 1 fully saturated rings. The van der Waals surface area contributed by atoms with E-state index in [1.54, 1.807) is 31.1 Å². The first-order valence-electron chi connectivity index (χ1n) is 9.25. The SMILES string of the molecule is COc1ccc(-c2cn3ncc(Cl)c3c(OCC[C@H]3CNC(=O)C3)n2)cc1OC. The number of nitrogens with one attached hydrogen (secondary N) is 1. The van der Waals surface area contributed by atoms with E-state index in [1.807, 2.05) is 18.2 Å². The Balaban J connectivity index is 1.63. The predicted molar refractivity (Wildman–Crippen MR) is 108 cm³/mol. The quantitative estimate of drug-likeness (QED) is 0.637. The molecule has 3 aromatic rings. The van der Waals surface area contributed by atoms with Crippen molar-refractivity contribution >= 4 is 23.0 Å². The number of benzene rings is 1. The Labute approximate surface area is 172 Å². The van der Waals surface area contributed by atoms with E-state index in [-0.39, 0.29) is 11.8 Å². The number of carbonyl (C=O) groups excluding carboxylic acids is 1. The molecule has 2 aromatic heterocycles. The number of aromatic nitrogens is 3. The van der Waals surface area contributed by atoms with Crippen LogP contribution in [0.15, 0.2) is 30.6 Å². The zero-order valence-corrected chi connectivity index (χ0v) is 16.9. The second kappa shape index (κ2) is 8.16. The molecule has 1 amide bonds. The molecule has 1 aliphatic rings. The minimum absolute atomic E-state index is 0.0878. The van der Waals surface area contributed by atoms with E-state index in [2.05, 4.69) is 15.4 Å². The zero-order valence-electron chi connectivity index (χ0n) is 16.1. The summed E-state index contributed by atoms with van der Waals surface area (Å²) in [6.07, 6.45) is 4.63. The summed E-state index contributed by atoms with van der Waals surface area (Å²) in [5, 5.41) is 7.59. The Morgan fingerprint density at radius 2 is 2.10 bits per heavy atom. The zero-order chi connectivity index (χ0) is 20.4. The van der Waals surface area contributed by atoms with Crippen LogP contribution in [0, 0.1) is 5.92 Å². The molecule has 0 bridgehead atoms. The molecule has 0 spiro atoms. The molecule has 4 rings (SSSR count). The van der Waals surface area contributed by atoms with Crippen molar-refractivity contribution in [3.63, 3.8) is 0 Å². The number of carbonyl (C=O) groups is 1. The van der Waals surface area contributed by atoms with Crippen LogP contribution in [0.2, 0.25) is 5.02 Å². The van der Waals surface area contributed by atoms with Crippen LogP contribution in [0.3, 0.4) is 0 Å². The number of rotatable bonds is 7. The van der Waals surface area contributed by atoms with E-state index in [0.717, 1.165) is 12.0 Å². The van der Waals surface area contributed by atoms with Gasteiger partial charge in [0.2, 0.25) is 11.8 Å². The smallest absolute Gasteiger partial charge is 0.242 e. The molecular formula is C20H21ClN4O4. The summed E-state index contributed by atoms with van der Waals surface area (Å²) in [5.74, 6) is 2.00. The van der Waals surface area contributed by atoms with Gasteiger partial charge in [-0.15, -0.1) is 0 Å². The second-order valence-corrected chi connectivity index (χ2v) is 7.21. The largest absolute Gasteiger partial charge is 0.493 e. The maximum atomic E-state index is 11.4. The third kappa shape index (κ3) is 3.93. The van der Waals surface area contributed by atoms with E-state index in [9.17, 15) is 4.79 Å². The lowest BCUT2D eigenvalue weighted by Gasteiger charge is -2.13. The first kappa shape index (κ1) is 19.3. The van der Waals surface area contributed by atoms with Crippen LogP contribution in [-0.4, -0.2) is 47.9 Å². The minimum atomic E-state index is 0.0878. The molecule has 0 radical (unpaired) electrons. The van der Waals surface area contributed by atoms with E-state index < -0.39 is 0 Å². The van der Waals surface area contributed by atoms with Crippen LogP contribution in [0.5, 0.6) is 17.4 Å². The van der Waals surface area contributed by atoms with Crippen LogP contribution in [0.25, 0.3) is 16.8 Å². The molecule has 1 atom stereocenters. The van der Waals surface area contributed by atoms with Crippen molar-refractivity contribution in [3.8, 4) is 28.6 Å². The lowest BCUT2D eigenvalue weighted by molar-refractivity contribution is -0.119. The lowest BCUT2D eigenvalue weighted by atomic mass is 10.1. The van der Waals surface area contributed by atoms with E-state index in [1.165, 1.54) is 0 Å². The number of amides is 1. The molecule has 1 aromatic carbocycles. The summed E-state index contributed by atoms with van der Waals surface area (Å²) < 4.78 is 18.3. The van der Waals surface area contributed by atoms with Gasteiger partial charge in [-0.2, -0.15) is 5.10 Å². The highest BCUT2D eigenvalue weighted by Gasteiger charge is 2.22. The number of fused-ring (bicyclic) bond motifs is 1. The maximum absolute atomic E-state index is 11.4. The summed E-state index contributed by atoms with van der Waals surface area (Å²) in [7, 11) is 3.18. The molecule has 0 saturated carbocycles. The Morgan fingerprint density at radius 3 is 2.83 bits per heavy atom. The van der Waals surface area contributed by atoms with Gasteiger partial charge in [-0.3, -0.25) is 4.79 Å². The van der Waals surface area contributed by atoms with Gasteiger partial charge in [0.1, 0.15) is 5.52 Å². The molecule has 1 N–H and O–H groups in total. The summed E-state index contributed by atoms with van der Waals surface area (Å²) in [6.45, 7) is 1.11. The molecule has 0 aliphatic carbocycles. The Bertz CT molecular complexity index is 1050. The standard InChI is InChI=1S/C20H21ClN4O4/c1-27-16-4-3-13(8-17(16)28-2)15-11-25-19(14(21)10-23-25)20(24-15)29-6-5-12-7-18(26)22-9-12/h3-4,8,10-12H,5-7,9H2,1-2H3,(H,22,26)/t12-/m1/s1. The molecule has 3 heterocycles. The number of methoxy groups -OCH3 is 2. The predicted octanol–water partition coefficient (Wildman–Crippen LogP) is 2.97. The first-order chi connectivity index (χ1) is 14.1. The van der Waals surface area contributed by atoms with Gasteiger partial charge in [-0.05, 0) is 30.5 Å². The second-order valence-electron chi connectivity index (χ2n) is 6.80. The van der Waals surface area contributed by atoms with E-state index in [4.69, 9.17) is 25.8 Å². The average Bonchev–Trinajstić information content (AvgIpc) is 3.32. The van der Waals surface area contributed by atoms with Crippen molar-refractivity contribution in [1.29, 1.82) is 0 Å². The van der Waals surface area contributed by atoms with Crippen molar-refractivity contribution in [2.24, 2.45) is 5.92 Å². The van der Waals surface area contributed by atoms with E-state index in [0.29, 0.717) is 53.2 Å². The lowest BCUT2D eigenvalue weighted by Crippen LogP contribution is -2.14. The van der Waals surface area contributed by atoms with Gasteiger partial charge in [0, 0.05) is 18.5 Å². The van der Waals surface area contributed by atoms with Gasteiger partial charge in [0.25, 0.3) is 0 Å². The summed E-state index contributed by atoms with van der Waals surface area (Å²) in [4.78, 5) is 16.0. The summed E-state index contributed by atoms with van der Waals surface area (Å²) in [6, 6.07) is 5.55. The van der Waals surface area contributed by atoms with Gasteiger partial charge in [-0.1, -0.05) is 11.6 Å². The molecule has 1 saturated heterocycles. The Kier molecular flexibility index (Phi) is 5.44. The number of nitrogens with zero attached hydrogens (tertiary/aromatic N) is 3. The summed E-state index contributed by atoms with van der Waals surface area (Å²) >= 11 is 6.29. The number of halogens is 1. The van der Waals surface area contributed by atoms with Crippen LogP contribution in [0.1, 0.15) is 12.8 Å². The van der Waals surface area contributed by atoms with Crippen molar-refractivity contribution in [2.75, 3.05) is 27.4 Å². The maximum Gasteiger partial charge on any atom is 0.242 e. The fourth-order valence-electron chi connectivity index (χ4n) is 3.37. The number of ether oxygens (including phenoxy) is 3. The Hall–Kier alpha value is -3.00.